The maximum Gasteiger partial charge on any atom is 0.133 e. The second-order valence-electron chi connectivity index (χ2n) is 3.04. The number of methoxy groups -OCH3 is 1. The first-order valence-electron chi connectivity index (χ1n) is 4.95. The maximum atomic E-state index is 11.2. The fraction of sp³-hybridized carbons (Fsp3) is 0.900. The molecule has 0 rings (SSSR count). The third-order valence-corrected chi connectivity index (χ3v) is 2.33. The third-order valence-electron chi connectivity index (χ3n) is 1.77. The van der Waals surface area contributed by atoms with Crippen molar-refractivity contribution < 1.29 is 14.3 Å². The maximum absolute atomic E-state index is 11.2. The zero-order valence-corrected chi connectivity index (χ0v) is 10.3. The minimum Gasteiger partial charge on any atom is -0.382 e. The molecule has 0 radical (unpaired) electrons. The molecule has 0 fully saturated rings. The minimum atomic E-state index is 0.333. The van der Waals surface area contributed by atoms with E-state index in [1.807, 2.05) is 0 Å². The van der Waals surface area contributed by atoms with Crippen LogP contribution in [0.2, 0.25) is 0 Å². The van der Waals surface area contributed by atoms with Gasteiger partial charge in [0.1, 0.15) is 5.78 Å². The Hall–Kier alpha value is 0.0700. The lowest BCUT2D eigenvalue weighted by Gasteiger charge is -2.02. The predicted octanol–water partition coefficient (Wildman–Crippen LogP) is 2.17. The van der Waals surface area contributed by atoms with Gasteiger partial charge in [0, 0.05) is 31.9 Å². The van der Waals surface area contributed by atoms with E-state index in [4.69, 9.17) is 9.47 Å². The summed E-state index contributed by atoms with van der Waals surface area (Å²) in [7, 11) is 1.65. The molecule has 84 valence electrons. The number of ether oxygens (including phenoxy) is 2. The van der Waals surface area contributed by atoms with Crippen LogP contribution in [0.15, 0.2) is 0 Å². The summed E-state index contributed by atoms with van der Waals surface area (Å²) in [6.07, 6.45) is 3.08. The van der Waals surface area contributed by atoms with Gasteiger partial charge in [-0.25, -0.2) is 0 Å². The Bertz CT molecular complexity index is 139. The van der Waals surface area contributed by atoms with E-state index in [9.17, 15) is 4.79 Å². The van der Waals surface area contributed by atoms with Crippen molar-refractivity contribution in [3.05, 3.63) is 0 Å². The van der Waals surface area contributed by atoms with Crippen LogP contribution in [0.3, 0.4) is 0 Å². The van der Waals surface area contributed by atoms with Crippen molar-refractivity contribution in [2.45, 2.75) is 25.7 Å². The van der Waals surface area contributed by atoms with Gasteiger partial charge in [-0.15, -0.1) is 0 Å². The number of rotatable bonds is 10. The topological polar surface area (TPSA) is 35.5 Å². The fourth-order valence-corrected chi connectivity index (χ4v) is 1.29. The van der Waals surface area contributed by atoms with Gasteiger partial charge in [0.15, 0.2) is 0 Å². The van der Waals surface area contributed by atoms with Crippen molar-refractivity contribution in [2.75, 3.05) is 32.3 Å². The van der Waals surface area contributed by atoms with Crippen LogP contribution in [-0.2, 0) is 14.3 Å². The predicted molar refractivity (Wildman–Crippen MR) is 60.0 cm³/mol. The zero-order valence-electron chi connectivity index (χ0n) is 8.76. The van der Waals surface area contributed by atoms with Crippen LogP contribution in [0.25, 0.3) is 0 Å². The molecule has 0 saturated heterocycles. The second-order valence-corrected chi connectivity index (χ2v) is 3.83. The molecule has 0 heterocycles. The Morgan fingerprint density at radius 1 is 1.14 bits per heavy atom. The highest BCUT2D eigenvalue weighted by Crippen LogP contribution is 2.01. The number of ketones is 1. The van der Waals surface area contributed by atoms with Crippen LogP contribution in [0.4, 0.5) is 0 Å². The molecule has 0 aliphatic heterocycles. The lowest BCUT2D eigenvalue weighted by Crippen LogP contribution is -2.05. The monoisotopic (exact) mass is 266 g/mol. The SMILES string of the molecule is COCCOCCCC(=O)CCCBr. The first-order chi connectivity index (χ1) is 6.81. The summed E-state index contributed by atoms with van der Waals surface area (Å²) in [5.74, 6) is 0.333. The number of hydrogen-bond donors (Lipinski definition) is 0. The minimum absolute atomic E-state index is 0.333. The molecule has 4 heteroatoms. The van der Waals surface area contributed by atoms with Crippen molar-refractivity contribution in [1.82, 2.24) is 0 Å². The van der Waals surface area contributed by atoms with Crippen molar-refractivity contribution in [2.24, 2.45) is 0 Å². The van der Waals surface area contributed by atoms with Gasteiger partial charge in [-0.2, -0.15) is 0 Å². The summed E-state index contributed by atoms with van der Waals surface area (Å²) in [5, 5.41) is 0.906. The molecular weight excluding hydrogens is 248 g/mol. The molecule has 3 nitrogen and oxygen atoms in total. The van der Waals surface area contributed by atoms with Gasteiger partial charge in [-0.3, -0.25) is 4.79 Å². The molecule has 0 aliphatic carbocycles. The number of alkyl halides is 1. The van der Waals surface area contributed by atoms with Gasteiger partial charge in [-0.1, -0.05) is 15.9 Å². The molecule has 0 amide bonds. The van der Waals surface area contributed by atoms with Gasteiger partial charge in [-0.05, 0) is 12.8 Å². The largest absolute Gasteiger partial charge is 0.382 e. The van der Waals surface area contributed by atoms with Crippen LogP contribution in [-0.4, -0.2) is 38.0 Å². The highest BCUT2D eigenvalue weighted by molar-refractivity contribution is 9.09. The first-order valence-corrected chi connectivity index (χ1v) is 6.07. The molecule has 0 aromatic heterocycles. The van der Waals surface area contributed by atoms with Gasteiger partial charge in [0.2, 0.25) is 0 Å². The molecule has 0 aromatic rings. The molecule has 0 aliphatic rings. The molecule has 0 saturated carbocycles. The van der Waals surface area contributed by atoms with E-state index >= 15 is 0 Å². The van der Waals surface area contributed by atoms with Gasteiger partial charge >= 0.3 is 0 Å². The van der Waals surface area contributed by atoms with Gasteiger partial charge in [0.25, 0.3) is 0 Å². The summed E-state index contributed by atoms with van der Waals surface area (Å²) >= 11 is 3.30. The van der Waals surface area contributed by atoms with E-state index in [1.165, 1.54) is 0 Å². The lowest BCUT2D eigenvalue weighted by molar-refractivity contribution is -0.119. The Kier molecular flexibility index (Phi) is 11.2. The Morgan fingerprint density at radius 3 is 2.50 bits per heavy atom. The molecular formula is C10H19BrO3. The standard InChI is InChI=1S/C10H19BrO3/c1-13-8-9-14-7-3-5-10(12)4-2-6-11/h2-9H2,1H3. The Morgan fingerprint density at radius 2 is 1.86 bits per heavy atom. The Labute approximate surface area is 94.3 Å². The van der Waals surface area contributed by atoms with E-state index in [-0.39, 0.29) is 0 Å². The average molecular weight is 267 g/mol. The number of carbonyl (C=O) groups is 1. The Balaban J connectivity index is 3.07. The van der Waals surface area contributed by atoms with E-state index in [0.717, 1.165) is 18.2 Å². The van der Waals surface area contributed by atoms with Crippen molar-refractivity contribution in [1.29, 1.82) is 0 Å². The summed E-state index contributed by atoms with van der Waals surface area (Å²) in [6, 6.07) is 0. The zero-order chi connectivity index (χ0) is 10.6. The normalized spacial score (nSPS) is 10.4. The second kappa shape index (κ2) is 11.1. The summed E-state index contributed by atoms with van der Waals surface area (Å²) < 4.78 is 10.1. The molecule has 0 bridgehead atoms. The number of carbonyl (C=O) groups excluding carboxylic acids is 1. The van der Waals surface area contributed by atoms with E-state index in [2.05, 4.69) is 15.9 Å². The van der Waals surface area contributed by atoms with Gasteiger partial charge < -0.3 is 9.47 Å². The molecule has 0 atom stereocenters. The smallest absolute Gasteiger partial charge is 0.133 e. The summed E-state index contributed by atoms with van der Waals surface area (Å²) in [4.78, 5) is 11.2. The van der Waals surface area contributed by atoms with Crippen molar-refractivity contribution >= 4 is 21.7 Å². The highest BCUT2D eigenvalue weighted by Gasteiger charge is 2.00. The van der Waals surface area contributed by atoms with Crippen molar-refractivity contribution in [3.63, 3.8) is 0 Å². The van der Waals surface area contributed by atoms with E-state index in [1.54, 1.807) is 7.11 Å². The van der Waals surface area contributed by atoms with E-state index in [0.29, 0.717) is 38.4 Å². The van der Waals surface area contributed by atoms with Crippen LogP contribution in [0.1, 0.15) is 25.7 Å². The van der Waals surface area contributed by atoms with E-state index < -0.39 is 0 Å². The number of hydrogen-bond acceptors (Lipinski definition) is 3. The highest BCUT2D eigenvalue weighted by atomic mass is 79.9. The van der Waals surface area contributed by atoms with Gasteiger partial charge in [0.05, 0.1) is 13.2 Å². The summed E-state index contributed by atoms with van der Waals surface area (Å²) in [6.45, 7) is 1.90. The summed E-state index contributed by atoms with van der Waals surface area (Å²) in [5.41, 5.74) is 0. The first kappa shape index (κ1) is 14.1. The quantitative estimate of drug-likeness (QED) is 0.449. The van der Waals surface area contributed by atoms with Crippen LogP contribution in [0.5, 0.6) is 0 Å². The van der Waals surface area contributed by atoms with Crippen LogP contribution < -0.4 is 0 Å². The van der Waals surface area contributed by atoms with Crippen LogP contribution >= 0.6 is 15.9 Å². The molecule has 0 spiro atoms. The van der Waals surface area contributed by atoms with Crippen LogP contribution in [0, 0.1) is 0 Å². The van der Waals surface area contributed by atoms with Crippen molar-refractivity contribution in [3.8, 4) is 0 Å². The lowest BCUT2D eigenvalue weighted by atomic mass is 10.1. The fourth-order valence-electron chi connectivity index (χ4n) is 1.00. The number of halogens is 1. The average Bonchev–Trinajstić information content (AvgIpc) is 2.20. The molecule has 14 heavy (non-hydrogen) atoms. The number of Topliss-reactive ketones (excluding diaryl/α,β-unsaturated/α-hetero) is 1. The third kappa shape index (κ3) is 10.2. The molecule has 0 unspecified atom stereocenters. The molecule has 0 aromatic carbocycles. The molecule has 0 N–H and O–H groups in total.